The topological polar surface area (TPSA) is 82.0 Å². The normalized spacial score (nSPS) is 22.2. The number of hydrogen-bond acceptors (Lipinski definition) is 6. The van der Waals surface area contributed by atoms with Gasteiger partial charge in [0.15, 0.2) is 5.78 Å². The molecule has 6 heteroatoms. The van der Waals surface area contributed by atoms with Gasteiger partial charge in [0.25, 0.3) is 0 Å². The van der Waals surface area contributed by atoms with E-state index in [4.69, 9.17) is 9.57 Å². The Balaban J connectivity index is 2.04. The molecule has 1 aromatic rings. The molecule has 0 bridgehead atoms. The molecule has 0 amide bonds. The number of nitrogens with zero attached hydrogens (tertiary/aromatic N) is 1. The summed E-state index contributed by atoms with van der Waals surface area (Å²) in [7, 11) is 1.60. The highest BCUT2D eigenvalue weighted by Crippen LogP contribution is 2.44. The molecule has 6 nitrogen and oxygen atoms in total. The molecule has 0 aliphatic heterocycles. The van der Waals surface area contributed by atoms with Crippen LogP contribution in [0, 0.1) is 19.8 Å². The molecule has 2 aliphatic carbocycles. The van der Waals surface area contributed by atoms with Crippen molar-refractivity contribution < 1.29 is 24.0 Å². The molecule has 0 unspecified atom stereocenters. The zero-order chi connectivity index (χ0) is 22.0. The molecule has 0 spiro atoms. The van der Waals surface area contributed by atoms with Crippen LogP contribution in [0.3, 0.4) is 0 Å². The van der Waals surface area contributed by atoms with Crippen LogP contribution in [0.4, 0.5) is 0 Å². The molecule has 1 saturated carbocycles. The zero-order valence-electron chi connectivity index (χ0n) is 18.6. The van der Waals surface area contributed by atoms with Crippen molar-refractivity contribution in [3.05, 3.63) is 27.8 Å². The van der Waals surface area contributed by atoms with Crippen LogP contribution in [-0.4, -0.2) is 36.8 Å². The number of methoxy groups -OCH3 is 1. The Morgan fingerprint density at radius 3 is 2.27 bits per heavy atom. The van der Waals surface area contributed by atoms with Crippen molar-refractivity contribution in [2.45, 2.75) is 72.1 Å². The van der Waals surface area contributed by atoms with E-state index in [-0.39, 0.29) is 36.1 Å². The largest absolute Gasteiger partial charge is 0.496 e. The van der Waals surface area contributed by atoms with Crippen LogP contribution in [0.15, 0.2) is 5.16 Å². The van der Waals surface area contributed by atoms with E-state index in [9.17, 15) is 14.4 Å². The van der Waals surface area contributed by atoms with Gasteiger partial charge in [-0.1, -0.05) is 12.1 Å². The quantitative estimate of drug-likeness (QED) is 0.395. The average molecular weight is 414 g/mol. The van der Waals surface area contributed by atoms with Gasteiger partial charge in [0.05, 0.1) is 12.8 Å². The molecule has 162 valence electrons. The van der Waals surface area contributed by atoms with Crippen molar-refractivity contribution in [2.24, 2.45) is 11.1 Å². The van der Waals surface area contributed by atoms with Gasteiger partial charge in [-0.25, -0.2) is 0 Å². The van der Waals surface area contributed by atoms with E-state index in [1.807, 2.05) is 27.7 Å². The molecule has 0 atom stereocenters. The lowest BCUT2D eigenvalue weighted by Gasteiger charge is -2.32. The molecule has 1 fully saturated rings. The Morgan fingerprint density at radius 2 is 1.70 bits per heavy atom. The molecule has 2 aliphatic rings. The van der Waals surface area contributed by atoms with Crippen molar-refractivity contribution in [3.63, 3.8) is 0 Å². The Labute approximate surface area is 178 Å². The Kier molecular flexibility index (Phi) is 6.74. The average Bonchev–Trinajstić information content (AvgIpc) is 2.70. The lowest BCUT2D eigenvalue weighted by molar-refractivity contribution is -0.133. The molecular weight excluding hydrogens is 382 g/mol. The molecule has 30 heavy (non-hydrogen) atoms. The molecular formula is C24H31NO5. The molecule has 3 rings (SSSR count). The first kappa shape index (κ1) is 22.2. The van der Waals surface area contributed by atoms with E-state index >= 15 is 0 Å². The number of fused-ring (bicyclic) bond motifs is 1. The first-order valence-electron chi connectivity index (χ1n) is 10.8. The van der Waals surface area contributed by atoms with Crippen LogP contribution in [0.1, 0.15) is 84.5 Å². The predicted octanol–water partition coefficient (Wildman–Crippen LogP) is 4.27. The van der Waals surface area contributed by atoms with Crippen molar-refractivity contribution in [1.82, 2.24) is 0 Å². The number of oxime groups is 1. The highest BCUT2D eigenvalue weighted by molar-refractivity contribution is 6.22. The summed E-state index contributed by atoms with van der Waals surface area (Å²) in [5.41, 5.74) is 4.99. The summed E-state index contributed by atoms with van der Waals surface area (Å²) in [6.45, 7) is 7.97. The second-order valence-corrected chi connectivity index (χ2v) is 8.15. The summed E-state index contributed by atoms with van der Waals surface area (Å²) in [5.74, 6) is -0.480. The number of carbonyl (C=O) groups excluding carboxylic acids is 3. The van der Waals surface area contributed by atoms with Crippen LogP contribution in [0.25, 0.3) is 0 Å². The first-order chi connectivity index (χ1) is 14.3. The van der Waals surface area contributed by atoms with Gasteiger partial charge >= 0.3 is 0 Å². The van der Waals surface area contributed by atoms with E-state index in [1.165, 1.54) is 0 Å². The number of Topliss-reactive ketones (excluding diaryl/α,β-unsaturated/α-hetero) is 3. The van der Waals surface area contributed by atoms with Crippen molar-refractivity contribution in [1.29, 1.82) is 0 Å². The number of hydrogen-bond donors (Lipinski definition) is 0. The highest BCUT2D eigenvalue weighted by atomic mass is 16.6. The second-order valence-electron chi connectivity index (χ2n) is 8.15. The lowest BCUT2D eigenvalue weighted by Crippen LogP contribution is -2.38. The van der Waals surface area contributed by atoms with Gasteiger partial charge in [0, 0.05) is 30.4 Å². The predicted molar refractivity (Wildman–Crippen MR) is 115 cm³/mol. The molecule has 0 heterocycles. The fourth-order valence-corrected chi connectivity index (χ4v) is 5.17. The van der Waals surface area contributed by atoms with Crippen LogP contribution >= 0.6 is 0 Å². The summed E-state index contributed by atoms with van der Waals surface area (Å²) >= 11 is 0. The third kappa shape index (κ3) is 3.80. The Morgan fingerprint density at radius 1 is 1.03 bits per heavy atom. The monoisotopic (exact) mass is 413 g/mol. The van der Waals surface area contributed by atoms with Gasteiger partial charge in [-0.05, 0) is 62.6 Å². The second kappa shape index (κ2) is 9.11. The van der Waals surface area contributed by atoms with Crippen LogP contribution < -0.4 is 4.74 Å². The van der Waals surface area contributed by atoms with E-state index < -0.39 is 5.92 Å². The van der Waals surface area contributed by atoms with Gasteiger partial charge in [0.2, 0.25) is 0 Å². The summed E-state index contributed by atoms with van der Waals surface area (Å²) in [6.07, 6.45) is 3.12. The lowest BCUT2D eigenvalue weighted by atomic mass is 9.70. The molecule has 0 N–H and O–H groups in total. The van der Waals surface area contributed by atoms with Gasteiger partial charge in [-0.3, -0.25) is 14.4 Å². The summed E-state index contributed by atoms with van der Waals surface area (Å²) in [6, 6.07) is 0. The molecule has 0 aromatic heterocycles. The minimum Gasteiger partial charge on any atom is -0.496 e. The van der Waals surface area contributed by atoms with E-state index in [1.54, 1.807) is 7.11 Å². The van der Waals surface area contributed by atoms with Crippen LogP contribution in [-0.2, 0) is 20.8 Å². The SMILES string of the molecule is CCO/N=C(/CC)C1C(=O)CC(c2c(C)c(OC)c(C)c3c2CCCC3=O)CC1=O. The molecule has 0 radical (unpaired) electrons. The van der Waals surface area contributed by atoms with Gasteiger partial charge in [-0.2, -0.15) is 0 Å². The van der Waals surface area contributed by atoms with Crippen LogP contribution in [0.2, 0.25) is 0 Å². The summed E-state index contributed by atoms with van der Waals surface area (Å²) in [5, 5.41) is 4.03. The smallest absolute Gasteiger partial charge is 0.163 e. The maximum atomic E-state index is 13.1. The van der Waals surface area contributed by atoms with E-state index in [0.717, 1.165) is 40.7 Å². The maximum Gasteiger partial charge on any atom is 0.163 e. The fraction of sp³-hybridized carbons (Fsp3) is 0.583. The highest BCUT2D eigenvalue weighted by Gasteiger charge is 2.41. The third-order valence-electron chi connectivity index (χ3n) is 6.35. The molecule has 0 saturated heterocycles. The fourth-order valence-electron chi connectivity index (χ4n) is 5.17. The summed E-state index contributed by atoms with van der Waals surface area (Å²) < 4.78 is 5.64. The third-order valence-corrected chi connectivity index (χ3v) is 6.35. The van der Waals surface area contributed by atoms with Crippen molar-refractivity contribution in [2.75, 3.05) is 13.7 Å². The zero-order valence-corrected chi connectivity index (χ0v) is 18.6. The number of ketones is 3. The number of carbonyl (C=O) groups is 3. The number of rotatable bonds is 6. The van der Waals surface area contributed by atoms with Crippen molar-refractivity contribution in [3.8, 4) is 5.75 Å². The van der Waals surface area contributed by atoms with E-state index in [0.29, 0.717) is 30.9 Å². The van der Waals surface area contributed by atoms with Crippen LogP contribution in [0.5, 0.6) is 5.75 Å². The van der Waals surface area contributed by atoms with Gasteiger partial charge in [0.1, 0.15) is 29.8 Å². The van der Waals surface area contributed by atoms with Gasteiger partial charge < -0.3 is 9.57 Å². The van der Waals surface area contributed by atoms with E-state index in [2.05, 4.69) is 5.16 Å². The maximum absolute atomic E-state index is 13.1. The minimum atomic E-state index is -0.817. The Bertz CT molecular complexity index is 897. The van der Waals surface area contributed by atoms with Gasteiger partial charge in [-0.15, -0.1) is 0 Å². The number of benzene rings is 1. The standard InChI is InChI=1S/C24H31NO5/c1-6-17(25-30-7-2)23-19(27)11-15(12-20(23)28)21-13(3)24(29-5)14(4)22-16(21)9-8-10-18(22)26/h15,23H,6-12H2,1-5H3/b25-17-. The number of ether oxygens (including phenoxy) is 1. The first-order valence-corrected chi connectivity index (χ1v) is 10.8. The Hall–Kier alpha value is -2.50. The summed E-state index contributed by atoms with van der Waals surface area (Å²) in [4.78, 5) is 44.0. The van der Waals surface area contributed by atoms with Crippen molar-refractivity contribution >= 4 is 23.1 Å². The minimum absolute atomic E-state index is 0.119. The molecule has 1 aromatic carbocycles.